The van der Waals surface area contributed by atoms with Gasteiger partial charge in [-0.3, -0.25) is 0 Å². The van der Waals surface area contributed by atoms with Crippen LogP contribution in [0.4, 0.5) is 5.69 Å². The molecular weight excluding hydrogens is 381 g/mol. The van der Waals surface area contributed by atoms with Crippen molar-refractivity contribution in [1.29, 1.82) is 0 Å². The molecule has 0 amide bonds. The molecule has 1 N–H and O–H groups in total. The average molecular weight is 398 g/mol. The number of anilines is 1. The number of benzene rings is 3. The second-order valence-corrected chi connectivity index (χ2v) is 7.46. The summed E-state index contributed by atoms with van der Waals surface area (Å²) < 4.78 is 0. The average Bonchev–Trinajstić information content (AvgIpc) is 3.07. The van der Waals surface area contributed by atoms with E-state index in [1.54, 1.807) is 18.2 Å². The Bertz CT molecular complexity index is 1030. The number of aromatic carboxylic acids is 1. The number of carbonyl (C=O) groups is 1. The van der Waals surface area contributed by atoms with E-state index in [2.05, 4.69) is 23.1 Å². The molecule has 4 rings (SSSR count). The van der Waals surface area contributed by atoms with Crippen LogP contribution in [0.25, 0.3) is 11.1 Å². The van der Waals surface area contributed by atoms with E-state index in [4.69, 9.17) is 23.2 Å². The molecule has 0 atom stereocenters. The molecule has 0 unspecified atom stereocenters. The molecule has 0 saturated carbocycles. The third kappa shape index (κ3) is 3.66. The summed E-state index contributed by atoms with van der Waals surface area (Å²) in [5.41, 5.74) is 5.79. The smallest absolute Gasteiger partial charge is 0.335 e. The Morgan fingerprint density at radius 3 is 2.56 bits per heavy atom. The van der Waals surface area contributed by atoms with Gasteiger partial charge >= 0.3 is 5.97 Å². The van der Waals surface area contributed by atoms with Gasteiger partial charge < -0.3 is 10.0 Å². The number of hydrogen-bond donors (Lipinski definition) is 1. The summed E-state index contributed by atoms with van der Waals surface area (Å²) >= 11 is 12.2. The highest BCUT2D eigenvalue weighted by atomic mass is 35.5. The lowest BCUT2D eigenvalue weighted by molar-refractivity contribution is 0.0697. The van der Waals surface area contributed by atoms with Gasteiger partial charge in [0.1, 0.15) is 0 Å². The van der Waals surface area contributed by atoms with Crippen molar-refractivity contribution in [3.63, 3.8) is 0 Å². The lowest BCUT2D eigenvalue weighted by Gasteiger charge is -2.20. The van der Waals surface area contributed by atoms with Gasteiger partial charge in [0.05, 0.1) is 15.6 Å². The SMILES string of the molecule is O=C(O)c1cccc(-c2ccc3c(c2)N(Cc2ccc(Cl)c(Cl)c2)CC3)c1. The molecule has 1 heterocycles. The summed E-state index contributed by atoms with van der Waals surface area (Å²) in [5.74, 6) is -0.917. The number of rotatable bonds is 4. The fourth-order valence-corrected chi connectivity index (χ4v) is 3.80. The number of nitrogens with zero attached hydrogens (tertiary/aromatic N) is 1. The van der Waals surface area contributed by atoms with Crippen LogP contribution in [0.1, 0.15) is 21.5 Å². The highest BCUT2D eigenvalue weighted by molar-refractivity contribution is 6.42. The van der Waals surface area contributed by atoms with Gasteiger partial charge in [0.25, 0.3) is 0 Å². The molecule has 1 aliphatic rings. The quantitative estimate of drug-likeness (QED) is 0.593. The molecule has 0 aromatic heterocycles. The van der Waals surface area contributed by atoms with Crippen LogP contribution in [0.3, 0.4) is 0 Å². The van der Waals surface area contributed by atoms with Gasteiger partial charge in [-0.1, -0.05) is 53.5 Å². The third-order valence-corrected chi connectivity index (χ3v) is 5.62. The summed E-state index contributed by atoms with van der Waals surface area (Å²) in [6, 6.07) is 19.1. The van der Waals surface area contributed by atoms with Crippen molar-refractivity contribution in [2.24, 2.45) is 0 Å². The zero-order valence-corrected chi connectivity index (χ0v) is 16.0. The van der Waals surface area contributed by atoms with E-state index in [1.165, 1.54) is 11.3 Å². The summed E-state index contributed by atoms with van der Waals surface area (Å²) in [6.07, 6.45) is 0.992. The first-order valence-corrected chi connectivity index (χ1v) is 9.42. The first-order chi connectivity index (χ1) is 13.0. The first kappa shape index (κ1) is 17.9. The summed E-state index contributed by atoms with van der Waals surface area (Å²) in [6.45, 7) is 1.69. The van der Waals surface area contributed by atoms with Crippen LogP contribution in [-0.2, 0) is 13.0 Å². The van der Waals surface area contributed by atoms with Crippen LogP contribution in [0, 0.1) is 0 Å². The maximum absolute atomic E-state index is 11.2. The van der Waals surface area contributed by atoms with Crippen molar-refractivity contribution in [3.05, 3.63) is 87.4 Å². The number of carboxylic acid groups (broad SMARTS) is 1. The van der Waals surface area contributed by atoms with Crippen LogP contribution < -0.4 is 4.90 Å². The summed E-state index contributed by atoms with van der Waals surface area (Å²) in [7, 11) is 0. The Morgan fingerprint density at radius 1 is 0.963 bits per heavy atom. The number of halogens is 2. The van der Waals surface area contributed by atoms with Crippen LogP contribution in [0.15, 0.2) is 60.7 Å². The molecule has 3 aromatic rings. The summed E-state index contributed by atoms with van der Waals surface area (Å²) in [4.78, 5) is 13.6. The van der Waals surface area contributed by atoms with Gasteiger partial charge in [-0.15, -0.1) is 0 Å². The minimum absolute atomic E-state index is 0.292. The minimum atomic E-state index is -0.917. The standard InChI is InChI=1S/C22H17Cl2NO2/c23-19-7-4-14(10-20(19)24)13-25-9-8-15-5-6-17(12-21(15)25)16-2-1-3-18(11-16)22(26)27/h1-7,10-12H,8-9,13H2,(H,26,27). The van der Waals surface area contributed by atoms with Gasteiger partial charge in [0.15, 0.2) is 0 Å². The molecule has 1 aliphatic heterocycles. The van der Waals surface area contributed by atoms with Crippen molar-refractivity contribution >= 4 is 34.9 Å². The van der Waals surface area contributed by atoms with E-state index in [0.717, 1.165) is 36.2 Å². The van der Waals surface area contributed by atoms with Crippen LogP contribution in [0.2, 0.25) is 10.0 Å². The highest BCUT2D eigenvalue weighted by Crippen LogP contribution is 2.34. The summed E-state index contributed by atoms with van der Waals surface area (Å²) in [5, 5.41) is 10.4. The van der Waals surface area contributed by atoms with Crippen molar-refractivity contribution in [2.45, 2.75) is 13.0 Å². The van der Waals surface area contributed by atoms with E-state index >= 15 is 0 Å². The number of fused-ring (bicyclic) bond motifs is 1. The second-order valence-electron chi connectivity index (χ2n) is 6.65. The van der Waals surface area contributed by atoms with Crippen LogP contribution >= 0.6 is 23.2 Å². The topological polar surface area (TPSA) is 40.5 Å². The van der Waals surface area contributed by atoms with Crippen LogP contribution in [-0.4, -0.2) is 17.6 Å². The van der Waals surface area contributed by atoms with Gasteiger partial charge in [-0.2, -0.15) is 0 Å². The Balaban J connectivity index is 1.65. The second kappa shape index (κ2) is 7.26. The van der Waals surface area contributed by atoms with Gasteiger partial charge in [-0.25, -0.2) is 4.79 Å². The molecule has 27 heavy (non-hydrogen) atoms. The maximum Gasteiger partial charge on any atom is 0.335 e. The van der Waals surface area contributed by atoms with E-state index in [0.29, 0.717) is 15.6 Å². The molecule has 0 aliphatic carbocycles. The third-order valence-electron chi connectivity index (χ3n) is 4.88. The monoisotopic (exact) mass is 397 g/mol. The van der Waals surface area contributed by atoms with E-state index in [9.17, 15) is 9.90 Å². The predicted molar refractivity (Wildman–Crippen MR) is 110 cm³/mol. The number of carboxylic acids is 1. The lowest BCUT2D eigenvalue weighted by atomic mass is 10.0. The zero-order chi connectivity index (χ0) is 19.0. The normalized spacial score (nSPS) is 12.9. The molecule has 3 aromatic carbocycles. The molecule has 5 heteroatoms. The number of hydrogen-bond acceptors (Lipinski definition) is 2. The molecule has 0 saturated heterocycles. The fourth-order valence-electron chi connectivity index (χ4n) is 3.48. The van der Waals surface area contributed by atoms with Gasteiger partial charge in [-0.05, 0) is 59.0 Å². The van der Waals surface area contributed by atoms with Crippen LogP contribution in [0.5, 0.6) is 0 Å². The van der Waals surface area contributed by atoms with Crippen molar-refractivity contribution in [1.82, 2.24) is 0 Å². The first-order valence-electron chi connectivity index (χ1n) is 8.67. The lowest BCUT2D eigenvalue weighted by Crippen LogP contribution is -2.19. The van der Waals surface area contributed by atoms with Crippen molar-refractivity contribution < 1.29 is 9.90 Å². The molecule has 0 bridgehead atoms. The molecule has 3 nitrogen and oxygen atoms in total. The molecular formula is C22H17Cl2NO2. The Hall–Kier alpha value is -2.49. The fraction of sp³-hybridized carbons (Fsp3) is 0.136. The van der Waals surface area contributed by atoms with Crippen molar-refractivity contribution in [3.8, 4) is 11.1 Å². The maximum atomic E-state index is 11.2. The minimum Gasteiger partial charge on any atom is -0.478 e. The zero-order valence-electron chi connectivity index (χ0n) is 14.5. The van der Waals surface area contributed by atoms with Gasteiger partial charge in [0.2, 0.25) is 0 Å². The predicted octanol–water partition coefficient (Wildman–Crippen LogP) is 5.92. The van der Waals surface area contributed by atoms with Gasteiger partial charge in [0, 0.05) is 18.8 Å². The van der Waals surface area contributed by atoms with E-state index in [-0.39, 0.29) is 0 Å². The highest BCUT2D eigenvalue weighted by Gasteiger charge is 2.20. The Kier molecular flexibility index (Phi) is 4.81. The molecule has 0 spiro atoms. The van der Waals surface area contributed by atoms with E-state index < -0.39 is 5.97 Å². The van der Waals surface area contributed by atoms with Crippen molar-refractivity contribution in [2.75, 3.05) is 11.4 Å². The molecule has 0 fully saturated rings. The largest absolute Gasteiger partial charge is 0.478 e. The Labute approximate surface area is 167 Å². The molecule has 0 radical (unpaired) electrons. The molecule has 136 valence electrons. The van der Waals surface area contributed by atoms with E-state index in [1.807, 2.05) is 24.3 Å². The Morgan fingerprint density at radius 2 is 1.78 bits per heavy atom.